The molecule has 1 fully saturated rings. The molecule has 0 aliphatic carbocycles. The number of hydrogen-bond donors (Lipinski definition) is 0. The van der Waals surface area contributed by atoms with Gasteiger partial charge in [0.05, 0.1) is 16.3 Å². The quantitative estimate of drug-likeness (QED) is 0.272. The number of rotatable bonds is 6. The second-order valence-corrected chi connectivity index (χ2v) is 12.2. The molecule has 0 bridgehead atoms. The fourth-order valence-corrected chi connectivity index (χ4v) is 6.99. The summed E-state index contributed by atoms with van der Waals surface area (Å²) in [4.78, 5) is 36.2. The Hall–Kier alpha value is -4.81. The minimum atomic E-state index is -0.393. The number of amides is 1. The first-order valence-electron chi connectivity index (χ1n) is 14.6. The Morgan fingerprint density at radius 1 is 0.933 bits per heavy atom. The molecule has 3 aromatic carbocycles. The van der Waals surface area contributed by atoms with Crippen molar-refractivity contribution in [1.82, 2.24) is 19.4 Å². The van der Waals surface area contributed by atoms with E-state index in [1.807, 2.05) is 49.4 Å². The third kappa shape index (κ3) is 6.24. The van der Waals surface area contributed by atoms with Crippen LogP contribution in [0.5, 0.6) is 0 Å². The van der Waals surface area contributed by atoms with Crippen molar-refractivity contribution >= 4 is 40.5 Å². The monoisotopic (exact) mass is 631 g/mol. The van der Waals surface area contributed by atoms with E-state index in [0.717, 1.165) is 16.9 Å². The summed E-state index contributed by atoms with van der Waals surface area (Å²) in [6, 6.07) is 31.8. The molecule has 6 rings (SSSR count). The van der Waals surface area contributed by atoms with Gasteiger partial charge < -0.3 is 4.90 Å². The van der Waals surface area contributed by atoms with Crippen molar-refractivity contribution in [3.05, 3.63) is 150 Å². The second-order valence-electron chi connectivity index (χ2n) is 10.8. The van der Waals surface area contributed by atoms with Gasteiger partial charge in [-0.1, -0.05) is 84.4 Å². The predicted molar refractivity (Wildman–Crippen MR) is 179 cm³/mol. The molecule has 0 saturated carbocycles. The van der Waals surface area contributed by atoms with Crippen molar-refractivity contribution in [3.63, 3.8) is 0 Å². The number of hydrogen-bond acceptors (Lipinski definition) is 6. The summed E-state index contributed by atoms with van der Waals surface area (Å²) in [5, 5.41) is 10.9. The summed E-state index contributed by atoms with van der Waals surface area (Å²) in [7, 11) is 0. The average Bonchev–Trinajstić information content (AvgIpc) is 3.39. The van der Waals surface area contributed by atoms with Gasteiger partial charge in [0, 0.05) is 43.6 Å². The Balaban J connectivity index is 1.38. The molecule has 0 N–H and O–H groups in total. The maximum absolute atomic E-state index is 14.1. The molecule has 7 nitrogen and oxygen atoms in total. The number of halogens is 1. The van der Waals surface area contributed by atoms with Gasteiger partial charge in [0.2, 0.25) is 0 Å². The largest absolute Gasteiger partial charge is 0.335 e. The highest BCUT2D eigenvalue weighted by molar-refractivity contribution is 7.07. The molecule has 45 heavy (non-hydrogen) atoms. The average molecular weight is 632 g/mol. The van der Waals surface area contributed by atoms with E-state index in [9.17, 15) is 14.9 Å². The van der Waals surface area contributed by atoms with Crippen molar-refractivity contribution in [3.8, 4) is 11.8 Å². The van der Waals surface area contributed by atoms with E-state index in [4.69, 9.17) is 11.6 Å². The number of carbonyl (C=O) groups excluding carboxylic acids is 1. The van der Waals surface area contributed by atoms with Crippen LogP contribution in [0, 0.1) is 18.3 Å². The van der Waals surface area contributed by atoms with Crippen LogP contribution in [0.25, 0.3) is 17.3 Å². The van der Waals surface area contributed by atoms with Crippen LogP contribution in [0.15, 0.2) is 108 Å². The van der Waals surface area contributed by atoms with Gasteiger partial charge in [-0.25, -0.2) is 0 Å². The molecule has 3 heterocycles. The summed E-state index contributed by atoms with van der Waals surface area (Å²) in [6.45, 7) is 3.97. The number of thiazole rings is 1. The molecule has 1 aliphatic rings. The van der Waals surface area contributed by atoms with E-state index in [1.54, 1.807) is 47.6 Å². The first kappa shape index (κ1) is 30.2. The van der Waals surface area contributed by atoms with Crippen molar-refractivity contribution in [2.75, 3.05) is 26.2 Å². The highest BCUT2D eigenvalue weighted by atomic mass is 35.5. The third-order valence-corrected chi connectivity index (χ3v) is 9.52. The maximum Gasteiger partial charge on any atom is 0.273 e. The van der Waals surface area contributed by atoms with Gasteiger partial charge >= 0.3 is 0 Å². The van der Waals surface area contributed by atoms with Gasteiger partial charge in [0.15, 0.2) is 5.57 Å². The molecule has 9 heteroatoms. The Bertz CT molecular complexity index is 2010. The van der Waals surface area contributed by atoms with Crippen LogP contribution < -0.4 is 14.8 Å². The molecule has 1 aliphatic heterocycles. The van der Waals surface area contributed by atoms with Crippen LogP contribution in [0.1, 0.15) is 28.3 Å². The van der Waals surface area contributed by atoms with Gasteiger partial charge in [-0.05, 0) is 53.5 Å². The van der Waals surface area contributed by atoms with Gasteiger partial charge in [-0.2, -0.15) is 5.26 Å². The summed E-state index contributed by atoms with van der Waals surface area (Å²) < 4.78 is 2.11. The topological polar surface area (TPSA) is 82.2 Å². The summed E-state index contributed by atoms with van der Waals surface area (Å²) in [5.74, 6) is -0.393. The lowest BCUT2D eigenvalue weighted by atomic mass is 9.96. The van der Waals surface area contributed by atoms with Gasteiger partial charge in [-0.15, -0.1) is 11.3 Å². The molecule has 0 spiro atoms. The van der Waals surface area contributed by atoms with E-state index in [-0.39, 0.29) is 21.8 Å². The lowest BCUT2D eigenvalue weighted by molar-refractivity contribution is -0.126. The minimum Gasteiger partial charge on any atom is -0.335 e. The normalized spacial score (nSPS) is 14.8. The number of piperazine rings is 1. The van der Waals surface area contributed by atoms with Crippen LogP contribution in [0.3, 0.4) is 0 Å². The molecule has 5 aromatic rings. The van der Waals surface area contributed by atoms with Gasteiger partial charge in [-0.3, -0.25) is 24.0 Å². The summed E-state index contributed by atoms with van der Waals surface area (Å²) in [5.41, 5.74) is 3.92. The zero-order valence-electron chi connectivity index (χ0n) is 24.6. The van der Waals surface area contributed by atoms with Gasteiger partial charge in [0.1, 0.15) is 10.7 Å². The van der Waals surface area contributed by atoms with E-state index in [2.05, 4.69) is 40.2 Å². The second kappa shape index (κ2) is 13.4. The predicted octanol–water partition coefficient (Wildman–Crippen LogP) is 4.69. The van der Waals surface area contributed by atoms with Crippen molar-refractivity contribution in [1.29, 1.82) is 5.26 Å². The Kier molecular flexibility index (Phi) is 9.03. The third-order valence-electron chi connectivity index (χ3n) is 8.02. The summed E-state index contributed by atoms with van der Waals surface area (Å²) in [6.07, 6.45) is 5.05. The molecule has 0 atom stereocenters. The van der Waals surface area contributed by atoms with E-state index in [0.29, 0.717) is 47.0 Å². The Morgan fingerprint density at radius 2 is 1.60 bits per heavy atom. The van der Waals surface area contributed by atoms with Crippen molar-refractivity contribution in [2.24, 2.45) is 0 Å². The number of pyridine rings is 1. The summed E-state index contributed by atoms with van der Waals surface area (Å²) >= 11 is 7.57. The van der Waals surface area contributed by atoms with Crippen LogP contribution in [0.2, 0.25) is 5.02 Å². The zero-order chi connectivity index (χ0) is 31.3. The Labute approximate surface area is 270 Å². The molecule has 1 amide bonds. The molecule has 0 unspecified atom stereocenters. The minimum absolute atomic E-state index is 0.0444. The fourth-order valence-electron chi connectivity index (χ4n) is 5.73. The molecular weight excluding hydrogens is 602 g/mol. The number of benzene rings is 3. The van der Waals surface area contributed by atoms with Crippen LogP contribution in [0.4, 0.5) is 0 Å². The van der Waals surface area contributed by atoms with Crippen molar-refractivity contribution in [2.45, 2.75) is 13.0 Å². The molecule has 224 valence electrons. The highest BCUT2D eigenvalue weighted by Gasteiger charge is 2.30. The molecular formula is C36H30ClN5O2S. The van der Waals surface area contributed by atoms with Crippen LogP contribution >= 0.6 is 22.9 Å². The lowest BCUT2D eigenvalue weighted by Gasteiger charge is -2.39. The number of aromatic nitrogens is 2. The fraction of sp³-hybridized carbons (Fsp3) is 0.167. The molecule has 2 aromatic heterocycles. The van der Waals surface area contributed by atoms with E-state index in [1.165, 1.54) is 15.7 Å². The number of nitriles is 1. The first-order chi connectivity index (χ1) is 22.0. The number of nitrogens with zero attached hydrogens (tertiary/aromatic N) is 5. The zero-order valence-corrected chi connectivity index (χ0v) is 26.2. The smallest absolute Gasteiger partial charge is 0.273 e. The highest BCUT2D eigenvalue weighted by Crippen LogP contribution is 2.29. The maximum atomic E-state index is 14.1. The van der Waals surface area contributed by atoms with Crippen molar-refractivity contribution < 1.29 is 4.79 Å². The first-order valence-corrected chi connectivity index (χ1v) is 15.8. The molecule has 0 radical (unpaired) electrons. The SMILES string of the molecule is Cc1c(Cl)cccc1-n1c(=O)/c(=C\c2cccnc2)s/c1=C(/C#N)C(=O)N1CCN(C(c2ccccc2)c2ccccc2)CC1. The van der Waals surface area contributed by atoms with E-state index < -0.39 is 5.91 Å². The van der Waals surface area contributed by atoms with Crippen LogP contribution in [-0.2, 0) is 4.79 Å². The standard InChI is InChI=1S/C36H30ClN5O2S/c1-25-30(37)15-8-16-31(25)42-35(44)32(22-26-10-9-17-39-24-26)45-36(42)29(23-38)34(43)41-20-18-40(19-21-41)33(27-11-4-2-5-12-27)28-13-6-3-7-14-28/h2-17,22,24,33H,18-21H2,1H3/b32-22+,36-29-. The molecule has 1 saturated heterocycles. The van der Waals surface area contributed by atoms with E-state index >= 15 is 0 Å². The lowest BCUT2D eigenvalue weighted by Crippen LogP contribution is -2.50. The van der Waals surface area contributed by atoms with Gasteiger partial charge in [0.25, 0.3) is 11.5 Å². The Morgan fingerprint density at radius 3 is 2.20 bits per heavy atom. The van der Waals surface area contributed by atoms with Crippen LogP contribution in [-0.4, -0.2) is 51.4 Å². The number of carbonyl (C=O) groups is 1.